The monoisotopic (exact) mass is 460 g/mol. The minimum atomic E-state index is -2.84. The Bertz CT molecular complexity index is 1330. The first-order chi connectivity index (χ1) is 15.3. The van der Waals surface area contributed by atoms with Crippen LogP contribution < -0.4 is 11.0 Å². The molecule has 0 spiro atoms. The van der Waals surface area contributed by atoms with Gasteiger partial charge in [-0.1, -0.05) is 23.7 Å². The van der Waals surface area contributed by atoms with E-state index in [1.165, 1.54) is 4.57 Å². The summed E-state index contributed by atoms with van der Waals surface area (Å²) >= 11 is 6.15. The molecule has 3 aromatic rings. The van der Waals surface area contributed by atoms with Crippen molar-refractivity contribution < 1.29 is 13.2 Å². The SMILES string of the molecule is Cc1ccc(Cl)cc1-c1cc2c(NCC3=CCCC(C(F)F)=C3F)nc(=O)n(C)c2cn1. The third-order valence-corrected chi connectivity index (χ3v) is 5.78. The molecule has 1 aliphatic carbocycles. The fraction of sp³-hybridized carbons (Fsp3) is 0.261. The molecular formula is C23H20ClF3N4O. The van der Waals surface area contributed by atoms with Gasteiger partial charge in [0.2, 0.25) is 0 Å². The van der Waals surface area contributed by atoms with Gasteiger partial charge in [0, 0.05) is 40.7 Å². The molecule has 2 heterocycles. The van der Waals surface area contributed by atoms with E-state index >= 15 is 0 Å². The average Bonchev–Trinajstić information content (AvgIpc) is 2.77. The Kier molecular flexibility index (Phi) is 6.06. The lowest BCUT2D eigenvalue weighted by atomic mass is 9.98. The normalized spacial score (nSPS) is 14.3. The molecule has 0 bridgehead atoms. The highest BCUT2D eigenvalue weighted by molar-refractivity contribution is 6.30. The molecule has 0 unspecified atom stereocenters. The van der Waals surface area contributed by atoms with E-state index in [-0.39, 0.29) is 24.4 Å². The van der Waals surface area contributed by atoms with E-state index in [1.54, 1.807) is 37.5 Å². The summed E-state index contributed by atoms with van der Waals surface area (Å²) in [6, 6.07) is 7.24. The van der Waals surface area contributed by atoms with Gasteiger partial charge in [0.25, 0.3) is 6.43 Å². The number of hydrogen-bond donors (Lipinski definition) is 1. The van der Waals surface area contributed by atoms with E-state index < -0.39 is 23.5 Å². The Hall–Kier alpha value is -3.13. The number of benzene rings is 1. The standard InChI is InChI=1S/C23H20ClF3N4O/c1-12-6-7-14(24)8-16(12)18-9-17-19(11-28-18)31(2)23(32)30-22(17)29-10-13-4-3-5-15(20(13)25)21(26)27/h4,6-9,11,21H,3,5,10H2,1-2H3,(H,29,30,32). The zero-order chi connectivity index (χ0) is 23.0. The van der Waals surface area contributed by atoms with Gasteiger partial charge in [0.05, 0.1) is 17.4 Å². The molecule has 0 atom stereocenters. The second-order valence-corrected chi connectivity index (χ2v) is 8.05. The molecule has 0 radical (unpaired) electrons. The molecule has 5 nitrogen and oxygen atoms in total. The van der Waals surface area contributed by atoms with Gasteiger partial charge >= 0.3 is 5.69 Å². The van der Waals surface area contributed by atoms with Crippen LogP contribution in [0, 0.1) is 6.92 Å². The van der Waals surface area contributed by atoms with Crippen LogP contribution in [0.2, 0.25) is 5.02 Å². The molecule has 1 aliphatic rings. The van der Waals surface area contributed by atoms with Crippen molar-refractivity contribution in [3.05, 3.63) is 74.6 Å². The fourth-order valence-electron chi connectivity index (χ4n) is 3.73. The molecule has 0 saturated heterocycles. The number of aromatic nitrogens is 3. The average molecular weight is 461 g/mol. The van der Waals surface area contributed by atoms with Gasteiger partial charge in [0.15, 0.2) is 0 Å². The highest BCUT2D eigenvalue weighted by Gasteiger charge is 2.23. The van der Waals surface area contributed by atoms with Crippen LogP contribution >= 0.6 is 11.6 Å². The summed E-state index contributed by atoms with van der Waals surface area (Å²) in [4.78, 5) is 20.9. The number of pyridine rings is 1. The van der Waals surface area contributed by atoms with Crippen molar-refractivity contribution in [3.8, 4) is 11.3 Å². The lowest BCUT2D eigenvalue weighted by molar-refractivity contribution is 0.180. The minimum Gasteiger partial charge on any atom is -0.365 e. The number of alkyl halides is 2. The number of rotatable bonds is 5. The molecule has 1 aromatic carbocycles. The van der Waals surface area contributed by atoms with Gasteiger partial charge in [-0.2, -0.15) is 4.98 Å². The second kappa shape index (κ2) is 8.78. The van der Waals surface area contributed by atoms with E-state index in [4.69, 9.17) is 11.6 Å². The minimum absolute atomic E-state index is 0.00588. The maximum Gasteiger partial charge on any atom is 0.349 e. The van der Waals surface area contributed by atoms with Crippen LogP contribution in [0.5, 0.6) is 0 Å². The summed E-state index contributed by atoms with van der Waals surface area (Å²) in [5, 5.41) is 4.10. The van der Waals surface area contributed by atoms with Crippen molar-refractivity contribution in [2.24, 2.45) is 7.05 Å². The maximum atomic E-state index is 14.5. The molecule has 166 valence electrons. The lowest BCUT2D eigenvalue weighted by Crippen LogP contribution is -2.23. The zero-order valence-electron chi connectivity index (χ0n) is 17.4. The lowest BCUT2D eigenvalue weighted by Gasteiger charge is -2.18. The molecule has 1 N–H and O–H groups in total. The molecule has 9 heteroatoms. The Morgan fingerprint density at radius 2 is 2.06 bits per heavy atom. The molecule has 0 aliphatic heterocycles. The number of hydrogen-bond acceptors (Lipinski definition) is 4. The molecular weight excluding hydrogens is 441 g/mol. The van der Waals surface area contributed by atoms with Crippen molar-refractivity contribution in [1.29, 1.82) is 0 Å². The van der Waals surface area contributed by atoms with Crippen LogP contribution in [-0.2, 0) is 7.05 Å². The number of anilines is 1. The summed E-state index contributed by atoms with van der Waals surface area (Å²) in [6.07, 6.45) is 0.635. The largest absolute Gasteiger partial charge is 0.365 e. The number of nitrogens with zero attached hydrogens (tertiary/aromatic N) is 3. The van der Waals surface area contributed by atoms with Crippen LogP contribution in [0.3, 0.4) is 0 Å². The first kappa shape index (κ1) is 22.1. The molecule has 0 amide bonds. The molecule has 2 aromatic heterocycles. The van der Waals surface area contributed by atoms with E-state index in [9.17, 15) is 18.0 Å². The van der Waals surface area contributed by atoms with Crippen LogP contribution in [0.15, 0.2) is 58.3 Å². The molecule has 4 rings (SSSR count). The van der Waals surface area contributed by atoms with Gasteiger partial charge in [-0.25, -0.2) is 18.0 Å². The van der Waals surface area contributed by atoms with Crippen molar-refractivity contribution in [1.82, 2.24) is 14.5 Å². The highest BCUT2D eigenvalue weighted by Crippen LogP contribution is 2.32. The number of aryl methyl sites for hydroxylation is 2. The van der Waals surface area contributed by atoms with Gasteiger partial charge in [-0.05, 0) is 43.5 Å². The van der Waals surface area contributed by atoms with Crippen LogP contribution in [-0.4, -0.2) is 27.5 Å². The van der Waals surface area contributed by atoms with Crippen molar-refractivity contribution in [2.45, 2.75) is 26.2 Å². The third-order valence-electron chi connectivity index (χ3n) is 5.55. The Labute approximate surface area is 187 Å². The van der Waals surface area contributed by atoms with Crippen molar-refractivity contribution in [2.75, 3.05) is 11.9 Å². The Morgan fingerprint density at radius 3 is 2.81 bits per heavy atom. The molecule has 32 heavy (non-hydrogen) atoms. The highest BCUT2D eigenvalue weighted by atomic mass is 35.5. The van der Waals surface area contributed by atoms with Gasteiger partial charge < -0.3 is 5.32 Å². The molecule has 0 saturated carbocycles. The van der Waals surface area contributed by atoms with E-state index in [1.807, 2.05) is 13.0 Å². The fourth-order valence-corrected chi connectivity index (χ4v) is 3.90. The predicted octanol–water partition coefficient (Wildman–Crippen LogP) is 5.58. The second-order valence-electron chi connectivity index (χ2n) is 7.61. The molecule has 0 fully saturated rings. The van der Waals surface area contributed by atoms with E-state index in [0.717, 1.165) is 11.1 Å². The summed E-state index contributed by atoms with van der Waals surface area (Å²) in [5.74, 6) is -0.673. The third kappa shape index (κ3) is 4.14. The first-order valence-corrected chi connectivity index (χ1v) is 10.4. The Balaban J connectivity index is 1.76. The maximum absolute atomic E-state index is 14.5. The van der Waals surface area contributed by atoms with Crippen LogP contribution in [0.25, 0.3) is 22.2 Å². The zero-order valence-corrected chi connectivity index (χ0v) is 18.2. The number of allylic oxidation sites excluding steroid dienone is 2. The van der Waals surface area contributed by atoms with Crippen molar-refractivity contribution >= 4 is 28.3 Å². The summed E-state index contributed by atoms with van der Waals surface area (Å²) in [7, 11) is 1.58. The summed E-state index contributed by atoms with van der Waals surface area (Å²) < 4.78 is 42.0. The topological polar surface area (TPSA) is 59.8 Å². The van der Waals surface area contributed by atoms with Gasteiger partial charge in [0.1, 0.15) is 11.6 Å². The Morgan fingerprint density at radius 1 is 1.28 bits per heavy atom. The summed E-state index contributed by atoms with van der Waals surface area (Å²) in [6.45, 7) is 1.85. The van der Waals surface area contributed by atoms with E-state index in [2.05, 4.69) is 15.3 Å². The summed E-state index contributed by atoms with van der Waals surface area (Å²) in [5.41, 5.74) is 2.06. The number of halogens is 4. The smallest absolute Gasteiger partial charge is 0.349 e. The van der Waals surface area contributed by atoms with Crippen molar-refractivity contribution in [3.63, 3.8) is 0 Å². The predicted molar refractivity (Wildman–Crippen MR) is 120 cm³/mol. The number of fused-ring (bicyclic) bond motifs is 1. The van der Waals surface area contributed by atoms with Crippen LogP contribution in [0.1, 0.15) is 18.4 Å². The van der Waals surface area contributed by atoms with E-state index in [0.29, 0.717) is 28.0 Å². The number of nitrogens with one attached hydrogen (secondary N) is 1. The van der Waals surface area contributed by atoms with Gasteiger partial charge in [-0.3, -0.25) is 9.55 Å². The van der Waals surface area contributed by atoms with Gasteiger partial charge in [-0.15, -0.1) is 0 Å². The quantitative estimate of drug-likeness (QED) is 0.540. The van der Waals surface area contributed by atoms with Crippen LogP contribution in [0.4, 0.5) is 19.0 Å². The first-order valence-electron chi connectivity index (χ1n) is 9.99.